The Balaban J connectivity index is 2.57. The first kappa shape index (κ1) is 12.8. The van der Waals surface area contributed by atoms with Crippen LogP contribution in [0.2, 0.25) is 0 Å². The quantitative estimate of drug-likeness (QED) is 0.341. The van der Waals surface area contributed by atoms with Crippen LogP contribution in [0.5, 0.6) is 0 Å². The molecule has 7 nitrogen and oxygen atoms in total. The molecule has 15 heavy (non-hydrogen) atoms. The van der Waals surface area contributed by atoms with Crippen molar-refractivity contribution in [2.75, 3.05) is 19.8 Å². The van der Waals surface area contributed by atoms with E-state index in [1.165, 1.54) is 0 Å². The van der Waals surface area contributed by atoms with Crippen LogP contribution in [0.3, 0.4) is 0 Å². The van der Waals surface area contributed by atoms with Gasteiger partial charge in [-0.2, -0.15) is 0 Å². The highest BCUT2D eigenvalue weighted by atomic mass is 16.7. The molecule has 1 aliphatic rings. The normalized spacial score (nSPS) is 41.8. The maximum absolute atomic E-state index is 9.42. The molecule has 0 unspecified atom stereocenters. The summed E-state index contributed by atoms with van der Waals surface area (Å²) in [6.07, 6.45) is -6.38. The Hall–Kier alpha value is -0.280. The van der Waals surface area contributed by atoms with Gasteiger partial charge in [-0.05, 0) is 0 Å². The molecule has 1 fully saturated rings. The van der Waals surface area contributed by atoms with E-state index in [1.807, 2.05) is 0 Å². The molecular weight excluding hydrogens is 208 g/mol. The largest absolute Gasteiger partial charge is 0.394 e. The topological polar surface area (TPSA) is 120 Å². The first-order valence-corrected chi connectivity index (χ1v) is 4.64. The molecule has 1 saturated heterocycles. The summed E-state index contributed by atoms with van der Waals surface area (Å²) in [6, 6.07) is 0. The van der Waals surface area contributed by atoms with E-state index in [9.17, 15) is 15.3 Å². The summed E-state index contributed by atoms with van der Waals surface area (Å²) in [6.45, 7) is -0.818. The molecule has 0 radical (unpaired) electrons. The number of hydrogen-bond donors (Lipinski definition) is 5. The Morgan fingerprint density at radius 2 is 1.67 bits per heavy atom. The Kier molecular flexibility index (Phi) is 4.87. The van der Waals surface area contributed by atoms with Crippen LogP contribution >= 0.6 is 0 Å². The van der Waals surface area contributed by atoms with Gasteiger partial charge in [0.25, 0.3) is 0 Å². The third kappa shape index (κ3) is 2.85. The molecule has 1 aliphatic heterocycles. The minimum atomic E-state index is -1.44. The van der Waals surface area contributed by atoms with Gasteiger partial charge in [-0.1, -0.05) is 0 Å². The number of rotatable bonds is 4. The van der Waals surface area contributed by atoms with Gasteiger partial charge in [-0.15, -0.1) is 0 Å². The molecular formula is C8H16O7. The zero-order valence-corrected chi connectivity index (χ0v) is 8.06. The van der Waals surface area contributed by atoms with Gasteiger partial charge in [0.2, 0.25) is 0 Å². The van der Waals surface area contributed by atoms with Crippen LogP contribution in [0.1, 0.15) is 0 Å². The van der Waals surface area contributed by atoms with Crippen molar-refractivity contribution in [2.45, 2.75) is 30.7 Å². The molecule has 0 aromatic carbocycles. The number of aliphatic hydroxyl groups is 5. The average Bonchev–Trinajstić information content (AvgIpc) is 2.25. The van der Waals surface area contributed by atoms with Crippen molar-refractivity contribution in [1.82, 2.24) is 0 Å². The zero-order valence-electron chi connectivity index (χ0n) is 8.06. The van der Waals surface area contributed by atoms with E-state index >= 15 is 0 Å². The summed E-state index contributed by atoms with van der Waals surface area (Å²) in [4.78, 5) is 0. The van der Waals surface area contributed by atoms with E-state index in [0.29, 0.717) is 0 Å². The van der Waals surface area contributed by atoms with Crippen molar-refractivity contribution >= 4 is 0 Å². The fourth-order valence-corrected chi connectivity index (χ4v) is 1.37. The SMILES string of the molecule is OCCO[C@@H]1O[C@H](CO)[C@@H](O)[C@H](O)[C@@H]1O. The van der Waals surface area contributed by atoms with E-state index < -0.39 is 37.3 Å². The maximum atomic E-state index is 9.42. The van der Waals surface area contributed by atoms with E-state index in [4.69, 9.17) is 19.7 Å². The third-order valence-corrected chi connectivity index (χ3v) is 2.22. The molecule has 0 bridgehead atoms. The molecule has 5 atom stereocenters. The standard InChI is InChI=1S/C8H16O7/c9-1-2-14-8-7(13)6(12)5(11)4(3-10)15-8/h4-13H,1-3H2/t4-,5-,6+,7+,8-/m1/s1. The van der Waals surface area contributed by atoms with Crippen LogP contribution in [-0.2, 0) is 9.47 Å². The van der Waals surface area contributed by atoms with E-state index in [0.717, 1.165) is 0 Å². The van der Waals surface area contributed by atoms with Crippen LogP contribution in [0.15, 0.2) is 0 Å². The van der Waals surface area contributed by atoms with Gasteiger partial charge in [-0.3, -0.25) is 0 Å². The monoisotopic (exact) mass is 224 g/mol. The second-order valence-electron chi connectivity index (χ2n) is 3.29. The second kappa shape index (κ2) is 5.71. The predicted molar refractivity (Wildman–Crippen MR) is 46.8 cm³/mol. The highest BCUT2D eigenvalue weighted by molar-refractivity contribution is 4.88. The molecule has 0 aromatic heterocycles. The van der Waals surface area contributed by atoms with Crippen molar-refractivity contribution in [1.29, 1.82) is 0 Å². The van der Waals surface area contributed by atoms with Crippen molar-refractivity contribution in [3.05, 3.63) is 0 Å². The lowest BCUT2D eigenvalue weighted by Gasteiger charge is -2.39. The fourth-order valence-electron chi connectivity index (χ4n) is 1.37. The van der Waals surface area contributed by atoms with Gasteiger partial charge in [0.1, 0.15) is 24.4 Å². The lowest BCUT2D eigenvalue weighted by atomic mass is 9.99. The Morgan fingerprint density at radius 3 is 2.20 bits per heavy atom. The van der Waals surface area contributed by atoms with Gasteiger partial charge in [0.15, 0.2) is 6.29 Å². The third-order valence-electron chi connectivity index (χ3n) is 2.22. The highest BCUT2D eigenvalue weighted by Crippen LogP contribution is 2.21. The lowest BCUT2D eigenvalue weighted by Crippen LogP contribution is -2.59. The van der Waals surface area contributed by atoms with Crippen LogP contribution in [-0.4, -0.2) is 76.1 Å². The molecule has 1 heterocycles. The highest BCUT2D eigenvalue weighted by Gasteiger charge is 2.43. The van der Waals surface area contributed by atoms with Gasteiger partial charge < -0.3 is 35.0 Å². The van der Waals surface area contributed by atoms with Gasteiger partial charge in [0, 0.05) is 0 Å². The van der Waals surface area contributed by atoms with Crippen molar-refractivity contribution in [3.63, 3.8) is 0 Å². The average molecular weight is 224 g/mol. The summed E-state index contributed by atoms with van der Waals surface area (Å²) in [5.41, 5.74) is 0. The molecule has 0 aromatic rings. The van der Waals surface area contributed by atoms with E-state index in [2.05, 4.69) is 0 Å². The molecule has 7 heteroatoms. The van der Waals surface area contributed by atoms with Gasteiger partial charge in [-0.25, -0.2) is 0 Å². The van der Waals surface area contributed by atoms with Crippen molar-refractivity contribution in [2.24, 2.45) is 0 Å². The lowest BCUT2D eigenvalue weighted by molar-refractivity contribution is -0.302. The van der Waals surface area contributed by atoms with Crippen molar-refractivity contribution < 1.29 is 35.0 Å². The number of aliphatic hydroxyl groups excluding tert-OH is 5. The first-order valence-electron chi connectivity index (χ1n) is 4.64. The summed E-state index contributed by atoms with van der Waals surface area (Å²) in [5.74, 6) is 0. The van der Waals surface area contributed by atoms with E-state index in [1.54, 1.807) is 0 Å². The zero-order chi connectivity index (χ0) is 11.4. The van der Waals surface area contributed by atoms with Gasteiger partial charge >= 0.3 is 0 Å². The molecule has 1 rings (SSSR count). The summed E-state index contributed by atoms with van der Waals surface area (Å²) in [7, 11) is 0. The Bertz CT molecular complexity index is 186. The second-order valence-corrected chi connectivity index (χ2v) is 3.29. The van der Waals surface area contributed by atoms with Crippen LogP contribution < -0.4 is 0 Å². The number of ether oxygens (including phenoxy) is 2. The van der Waals surface area contributed by atoms with E-state index in [-0.39, 0.29) is 13.2 Å². The predicted octanol–water partition coefficient (Wildman–Crippen LogP) is -3.20. The summed E-state index contributed by atoms with van der Waals surface area (Å²) in [5, 5.41) is 45.5. The van der Waals surface area contributed by atoms with Crippen molar-refractivity contribution in [3.8, 4) is 0 Å². The van der Waals surface area contributed by atoms with Crippen LogP contribution in [0.25, 0.3) is 0 Å². The fraction of sp³-hybridized carbons (Fsp3) is 1.00. The maximum Gasteiger partial charge on any atom is 0.186 e. The molecule has 0 spiro atoms. The molecule has 5 N–H and O–H groups in total. The molecule has 90 valence electrons. The Labute approximate surface area is 86.5 Å². The summed E-state index contributed by atoms with van der Waals surface area (Å²) < 4.78 is 9.88. The first-order chi connectivity index (χ1) is 7.11. The van der Waals surface area contributed by atoms with Gasteiger partial charge in [0.05, 0.1) is 19.8 Å². The number of hydrogen-bond acceptors (Lipinski definition) is 7. The molecule has 0 amide bonds. The minimum Gasteiger partial charge on any atom is -0.394 e. The molecule has 0 aliphatic carbocycles. The molecule has 0 saturated carbocycles. The Morgan fingerprint density at radius 1 is 1.00 bits per heavy atom. The van der Waals surface area contributed by atoms with Crippen LogP contribution in [0, 0.1) is 0 Å². The summed E-state index contributed by atoms with van der Waals surface area (Å²) >= 11 is 0. The smallest absolute Gasteiger partial charge is 0.186 e. The van der Waals surface area contributed by atoms with Crippen LogP contribution in [0.4, 0.5) is 0 Å². The minimum absolute atomic E-state index is 0.0668.